The zero-order valence-corrected chi connectivity index (χ0v) is 39.0. The van der Waals surface area contributed by atoms with Crippen LogP contribution in [0, 0.1) is 5.92 Å². The standard InChI is InChI=1S/C45H78N2O14/c1-26(2)43(7,8)61-35-31(49)32(50)38(57-37(35)40(52)46(13)24-28-18-16-15-17-19-28)44(9,10)56-21-20-42(5,6)60-34-30(48)33(51)39(45(11,12)59-27(3)4)58-36(34)41(53)47(14)25-29-54-22-23-55-29/h15-19,26-27,29-40,48-52H,20-25H2,1-14H3/t30-,31-,32+,33+,34+,35+,36?,37?,38-,39-,40?/m1/s1. The molecule has 4 rings (SSSR count). The van der Waals surface area contributed by atoms with Gasteiger partial charge in [-0.3, -0.25) is 9.69 Å². The van der Waals surface area contributed by atoms with E-state index in [4.69, 9.17) is 37.9 Å². The lowest BCUT2D eigenvalue weighted by atomic mass is 9.85. The number of aliphatic hydroxyl groups excluding tert-OH is 5. The van der Waals surface area contributed by atoms with Gasteiger partial charge < -0.3 is 68.3 Å². The average molecular weight is 871 g/mol. The third-order valence-electron chi connectivity index (χ3n) is 12.3. The lowest BCUT2D eigenvalue weighted by molar-refractivity contribution is -0.316. The molecule has 352 valence electrons. The Balaban J connectivity index is 1.52. The second-order valence-electron chi connectivity index (χ2n) is 19.8. The smallest absolute Gasteiger partial charge is 0.254 e. The Morgan fingerprint density at radius 1 is 0.787 bits per heavy atom. The molecule has 11 atom stereocenters. The van der Waals surface area contributed by atoms with E-state index < -0.39 is 102 Å². The third-order valence-corrected chi connectivity index (χ3v) is 12.3. The zero-order valence-electron chi connectivity index (χ0n) is 39.0. The van der Waals surface area contributed by atoms with Crippen molar-refractivity contribution in [1.29, 1.82) is 0 Å². The fourth-order valence-electron chi connectivity index (χ4n) is 8.11. The van der Waals surface area contributed by atoms with Crippen molar-refractivity contribution >= 4 is 5.91 Å². The number of hydrogen-bond acceptors (Lipinski definition) is 15. The van der Waals surface area contributed by atoms with Crippen LogP contribution >= 0.6 is 0 Å². The maximum absolute atomic E-state index is 14.1. The number of aliphatic hydroxyl groups is 5. The molecule has 0 spiro atoms. The summed E-state index contributed by atoms with van der Waals surface area (Å²) in [6, 6.07) is 9.65. The van der Waals surface area contributed by atoms with Crippen LogP contribution in [0.3, 0.4) is 0 Å². The van der Waals surface area contributed by atoms with E-state index in [0.717, 1.165) is 5.56 Å². The number of ether oxygens (including phenoxy) is 8. The first-order valence-corrected chi connectivity index (χ1v) is 21.8. The number of hydrogen-bond donors (Lipinski definition) is 5. The molecule has 0 radical (unpaired) electrons. The molecule has 3 heterocycles. The SMILES string of the molecule is CC(C)OC(C)(C)[C@@H]1OC(C(=O)N(C)CC2OCCO2)[C@@H](OC(C)(C)CCOC(C)(C)[C@@H]2OC(C(O)N(C)Cc3ccccc3)[C@@H](OC(C)(C)C(C)C)[C@H](O)[C@@H]2O)[C@H](O)[C@@H]1O. The van der Waals surface area contributed by atoms with Crippen LogP contribution in [0.15, 0.2) is 30.3 Å². The molecule has 3 aliphatic heterocycles. The molecule has 16 nitrogen and oxygen atoms in total. The zero-order chi connectivity index (χ0) is 45.8. The number of nitrogens with zero attached hydrogens (tertiary/aromatic N) is 2. The number of likely N-dealkylation sites (N-methyl/N-ethyl adjacent to an activating group) is 2. The van der Waals surface area contributed by atoms with Crippen LogP contribution in [0.1, 0.15) is 95.1 Å². The van der Waals surface area contributed by atoms with E-state index in [1.165, 1.54) is 4.90 Å². The minimum Gasteiger partial charge on any atom is -0.387 e. The van der Waals surface area contributed by atoms with Gasteiger partial charge in [-0.15, -0.1) is 0 Å². The lowest BCUT2D eigenvalue weighted by Crippen LogP contribution is -2.68. The number of carbonyl (C=O) groups excluding carboxylic acids is 1. The van der Waals surface area contributed by atoms with Crippen molar-refractivity contribution in [1.82, 2.24) is 9.80 Å². The average Bonchev–Trinajstić information content (AvgIpc) is 3.67. The normalized spacial score (nSPS) is 30.4. The summed E-state index contributed by atoms with van der Waals surface area (Å²) in [6.45, 7) is 23.3. The highest BCUT2D eigenvalue weighted by atomic mass is 16.7. The van der Waals surface area contributed by atoms with Crippen LogP contribution in [-0.2, 0) is 49.2 Å². The van der Waals surface area contributed by atoms with E-state index in [1.807, 2.05) is 71.9 Å². The van der Waals surface area contributed by atoms with Gasteiger partial charge in [0.25, 0.3) is 5.91 Å². The summed E-state index contributed by atoms with van der Waals surface area (Å²) in [4.78, 5) is 17.2. The predicted octanol–water partition coefficient (Wildman–Crippen LogP) is 2.62. The Labute approximate surface area is 363 Å². The van der Waals surface area contributed by atoms with E-state index in [2.05, 4.69) is 0 Å². The second kappa shape index (κ2) is 21.0. The van der Waals surface area contributed by atoms with Gasteiger partial charge in [-0.2, -0.15) is 0 Å². The van der Waals surface area contributed by atoms with E-state index >= 15 is 0 Å². The maximum Gasteiger partial charge on any atom is 0.254 e. The number of amides is 1. The van der Waals surface area contributed by atoms with Crippen molar-refractivity contribution in [2.24, 2.45) is 5.92 Å². The van der Waals surface area contributed by atoms with E-state index in [0.29, 0.717) is 19.8 Å². The molecule has 61 heavy (non-hydrogen) atoms. The minimum atomic E-state index is -1.54. The monoisotopic (exact) mass is 871 g/mol. The van der Waals surface area contributed by atoms with Crippen LogP contribution in [0.25, 0.3) is 0 Å². The van der Waals surface area contributed by atoms with Crippen molar-refractivity contribution in [3.8, 4) is 0 Å². The van der Waals surface area contributed by atoms with Crippen LogP contribution in [0.5, 0.6) is 0 Å². The van der Waals surface area contributed by atoms with Gasteiger partial charge in [0.15, 0.2) is 12.4 Å². The number of rotatable bonds is 20. The lowest BCUT2D eigenvalue weighted by Gasteiger charge is -2.51. The van der Waals surface area contributed by atoms with Crippen molar-refractivity contribution in [3.05, 3.63) is 35.9 Å². The summed E-state index contributed by atoms with van der Waals surface area (Å²) in [5, 5.41) is 58.3. The number of benzene rings is 1. The Kier molecular flexibility index (Phi) is 17.8. The van der Waals surface area contributed by atoms with E-state index in [-0.39, 0.29) is 31.6 Å². The van der Waals surface area contributed by atoms with Crippen LogP contribution < -0.4 is 0 Å². The fraction of sp³-hybridized carbons (Fsp3) is 0.844. The largest absolute Gasteiger partial charge is 0.387 e. The Morgan fingerprint density at radius 3 is 1.90 bits per heavy atom. The first kappa shape index (κ1) is 51.8. The molecule has 3 fully saturated rings. The van der Waals surface area contributed by atoms with Gasteiger partial charge in [-0.1, -0.05) is 44.2 Å². The summed E-state index contributed by atoms with van der Waals surface area (Å²) >= 11 is 0. The number of carbonyl (C=O) groups is 1. The molecule has 0 saturated carbocycles. The molecular formula is C45H78N2O14. The molecule has 16 heteroatoms. The molecule has 1 amide bonds. The first-order chi connectivity index (χ1) is 28.2. The molecular weight excluding hydrogens is 792 g/mol. The molecule has 1 aromatic rings. The van der Waals surface area contributed by atoms with Gasteiger partial charge in [0, 0.05) is 13.6 Å². The van der Waals surface area contributed by atoms with Crippen LogP contribution in [-0.4, -0.2) is 184 Å². The topological polar surface area (TPSA) is 199 Å². The molecule has 3 saturated heterocycles. The molecule has 3 unspecified atom stereocenters. The summed E-state index contributed by atoms with van der Waals surface area (Å²) in [5.41, 5.74) is -3.16. The van der Waals surface area contributed by atoms with E-state index in [9.17, 15) is 30.3 Å². The van der Waals surface area contributed by atoms with Crippen molar-refractivity contribution in [2.45, 2.75) is 198 Å². The quantitative estimate of drug-likeness (QED) is 0.120. The molecule has 1 aromatic carbocycles. The Hall–Kier alpha value is -1.87. The highest BCUT2D eigenvalue weighted by Gasteiger charge is 2.56. The summed E-state index contributed by atoms with van der Waals surface area (Å²) < 4.78 is 49.6. The van der Waals surface area contributed by atoms with Crippen LogP contribution in [0.2, 0.25) is 0 Å². The van der Waals surface area contributed by atoms with Gasteiger partial charge in [0.1, 0.15) is 61.2 Å². The van der Waals surface area contributed by atoms with Gasteiger partial charge in [0.2, 0.25) is 0 Å². The molecule has 0 bridgehead atoms. The minimum absolute atomic E-state index is 0.0342. The van der Waals surface area contributed by atoms with Gasteiger partial charge in [0.05, 0.1) is 54.9 Å². The van der Waals surface area contributed by atoms with Gasteiger partial charge in [-0.05, 0) is 94.2 Å². The highest BCUT2D eigenvalue weighted by molar-refractivity contribution is 5.81. The summed E-state index contributed by atoms with van der Waals surface area (Å²) in [7, 11) is 3.34. The van der Waals surface area contributed by atoms with E-state index in [1.54, 1.807) is 60.5 Å². The predicted molar refractivity (Wildman–Crippen MR) is 226 cm³/mol. The summed E-state index contributed by atoms with van der Waals surface area (Å²) in [5.74, 6) is -0.465. The highest BCUT2D eigenvalue weighted by Crippen LogP contribution is 2.39. The van der Waals surface area contributed by atoms with Crippen molar-refractivity contribution in [2.75, 3.05) is 40.5 Å². The molecule has 5 N–H and O–H groups in total. The fourth-order valence-corrected chi connectivity index (χ4v) is 8.11. The second-order valence-corrected chi connectivity index (χ2v) is 19.8. The Morgan fingerprint density at radius 2 is 1.34 bits per heavy atom. The Bertz CT molecular complexity index is 1500. The van der Waals surface area contributed by atoms with Crippen molar-refractivity contribution in [3.63, 3.8) is 0 Å². The van der Waals surface area contributed by atoms with Gasteiger partial charge in [-0.25, -0.2) is 0 Å². The van der Waals surface area contributed by atoms with Gasteiger partial charge >= 0.3 is 0 Å². The maximum atomic E-state index is 14.1. The van der Waals surface area contributed by atoms with Crippen LogP contribution in [0.4, 0.5) is 0 Å². The van der Waals surface area contributed by atoms with Crippen molar-refractivity contribution < 1.29 is 68.2 Å². The summed E-state index contributed by atoms with van der Waals surface area (Å²) in [6.07, 6.45) is -14.8. The first-order valence-electron chi connectivity index (χ1n) is 21.8. The molecule has 0 aliphatic carbocycles. The molecule has 0 aromatic heterocycles. The third kappa shape index (κ3) is 13.1. The molecule has 3 aliphatic rings.